The number of hydrogen-bond donors (Lipinski definition) is 1. The van der Waals surface area contributed by atoms with E-state index in [1.165, 1.54) is 17.1 Å². The summed E-state index contributed by atoms with van der Waals surface area (Å²) in [5.41, 5.74) is 2.44. The molecule has 1 aliphatic heterocycles. The lowest BCUT2D eigenvalue weighted by Crippen LogP contribution is -2.35. The van der Waals surface area contributed by atoms with Gasteiger partial charge in [-0.25, -0.2) is 0 Å². The van der Waals surface area contributed by atoms with Gasteiger partial charge in [0.1, 0.15) is 0 Å². The van der Waals surface area contributed by atoms with Crippen LogP contribution < -0.4 is 5.32 Å². The van der Waals surface area contributed by atoms with Crippen molar-refractivity contribution < 1.29 is 0 Å². The Morgan fingerprint density at radius 2 is 2.15 bits per heavy atom. The number of benzene rings is 1. The zero-order chi connectivity index (χ0) is 13.8. The minimum atomic E-state index is 0.542. The van der Waals surface area contributed by atoms with Crippen LogP contribution in [0.25, 0.3) is 0 Å². The summed E-state index contributed by atoms with van der Waals surface area (Å²) in [7, 11) is 0. The molecule has 1 fully saturated rings. The largest absolute Gasteiger partial charge is 0.307 e. The first-order chi connectivity index (χ1) is 9.81. The van der Waals surface area contributed by atoms with Crippen molar-refractivity contribution >= 4 is 11.5 Å². The molecule has 0 spiro atoms. The van der Waals surface area contributed by atoms with E-state index in [1.54, 1.807) is 0 Å². The summed E-state index contributed by atoms with van der Waals surface area (Å²) in [5.74, 6) is 0.672. The Kier molecular flexibility index (Phi) is 4.40. The van der Waals surface area contributed by atoms with Crippen LogP contribution in [0.5, 0.6) is 0 Å². The van der Waals surface area contributed by atoms with Gasteiger partial charge in [0.2, 0.25) is 0 Å². The molecule has 2 atom stereocenters. The van der Waals surface area contributed by atoms with Crippen molar-refractivity contribution in [3.05, 3.63) is 47.0 Å². The second-order valence-corrected chi connectivity index (χ2v) is 6.15. The molecule has 20 heavy (non-hydrogen) atoms. The van der Waals surface area contributed by atoms with Crippen molar-refractivity contribution in [2.24, 2.45) is 5.92 Å². The predicted molar refractivity (Wildman–Crippen MR) is 81.4 cm³/mol. The first kappa shape index (κ1) is 13.7. The van der Waals surface area contributed by atoms with Crippen LogP contribution in [0.15, 0.2) is 35.7 Å². The van der Waals surface area contributed by atoms with Gasteiger partial charge in [0, 0.05) is 37.6 Å². The Labute approximate surface area is 124 Å². The first-order valence-corrected chi connectivity index (χ1v) is 7.90. The highest BCUT2D eigenvalue weighted by atomic mass is 32.1. The van der Waals surface area contributed by atoms with Crippen molar-refractivity contribution in [2.75, 3.05) is 13.1 Å². The molecule has 1 aromatic heterocycles. The van der Waals surface area contributed by atoms with Gasteiger partial charge in [0.25, 0.3) is 0 Å². The first-order valence-electron chi connectivity index (χ1n) is 7.07. The Hall–Kier alpha value is -1.30. The van der Waals surface area contributed by atoms with Crippen molar-refractivity contribution in [1.82, 2.24) is 19.8 Å². The summed E-state index contributed by atoms with van der Waals surface area (Å²) >= 11 is 1.41. The molecule has 0 radical (unpaired) electrons. The maximum Gasteiger partial charge on any atom is 0.0893 e. The second-order valence-electron chi connectivity index (χ2n) is 5.54. The maximum atomic E-state index is 4.08. The van der Waals surface area contributed by atoms with E-state index in [9.17, 15) is 0 Å². The molecule has 0 saturated carbocycles. The minimum Gasteiger partial charge on any atom is -0.307 e. The Balaban J connectivity index is 1.51. The van der Waals surface area contributed by atoms with Crippen molar-refractivity contribution in [2.45, 2.75) is 26.1 Å². The van der Waals surface area contributed by atoms with Gasteiger partial charge >= 0.3 is 0 Å². The van der Waals surface area contributed by atoms with E-state index >= 15 is 0 Å². The molecule has 0 amide bonds. The monoisotopic (exact) mass is 288 g/mol. The zero-order valence-electron chi connectivity index (χ0n) is 11.7. The van der Waals surface area contributed by atoms with Crippen LogP contribution in [0, 0.1) is 5.92 Å². The van der Waals surface area contributed by atoms with Crippen LogP contribution in [0.4, 0.5) is 0 Å². The van der Waals surface area contributed by atoms with Gasteiger partial charge in [-0.15, -0.1) is 5.10 Å². The molecule has 2 aromatic rings. The van der Waals surface area contributed by atoms with Crippen LogP contribution in [0.1, 0.15) is 18.2 Å². The molecule has 1 saturated heterocycles. The van der Waals surface area contributed by atoms with Gasteiger partial charge in [0.15, 0.2) is 0 Å². The molecule has 0 bridgehead atoms. The molecule has 0 unspecified atom stereocenters. The molecule has 4 nitrogen and oxygen atoms in total. The van der Waals surface area contributed by atoms with Crippen molar-refractivity contribution in [1.29, 1.82) is 0 Å². The van der Waals surface area contributed by atoms with E-state index in [2.05, 4.69) is 57.1 Å². The highest BCUT2D eigenvalue weighted by Gasteiger charge is 2.29. The van der Waals surface area contributed by atoms with E-state index in [0.29, 0.717) is 12.0 Å². The highest BCUT2D eigenvalue weighted by Crippen LogP contribution is 2.19. The molecule has 5 heteroatoms. The predicted octanol–water partition coefficient (Wildman–Crippen LogP) is 2.15. The summed E-state index contributed by atoms with van der Waals surface area (Å²) in [6, 6.07) is 11.2. The fraction of sp³-hybridized carbons (Fsp3) is 0.467. The van der Waals surface area contributed by atoms with Crippen LogP contribution in [-0.4, -0.2) is 33.6 Å². The lowest BCUT2D eigenvalue weighted by atomic mass is 10.1. The van der Waals surface area contributed by atoms with E-state index in [1.807, 2.05) is 5.38 Å². The quantitative estimate of drug-likeness (QED) is 0.915. The van der Waals surface area contributed by atoms with E-state index in [4.69, 9.17) is 0 Å². The van der Waals surface area contributed by atoms with Gasteiger partial charge in [-0.3, -0.25) is 4.90 Å². The standard InChI is InChI=1S/C15H20N4S/c1-12-8-19(9-13-5-3-2-4-6-13)10-15(12)16-7-14-11-20-18-17-14/h2-6,11-12,15-16H,7-10H2,1H3/t12-,15-/m0/s1. The van der Waals surface area contributed by atoms with Crippen LogP contribution >= 0.6 is 11.5 Å². The molecule has 1 N–H and O–H groups in total. The number of nitrogens with one attached hydrogen (secondary N) is 1. The van der Waals surface area contributed by atoms with Gasteiger partial charge in [0.05, 0.1) is 5.69 Å². The lowest BCUT2D eigenvalue weighted by Gasteiger charge is -2.16. The molecular formula is C15H20N4S. The van der Waals surface area contributed by atoms with Crippen molar-refractivity contribution in [3.63, 3.8) is 0 Å². The third-order valence-electron chi connectivity index (χ3n) is 3.89. The zero-order valence-corrected chi connectivity index (χ0v) is 12.5. The third-order valence-corrected chi connectivity index (χ3v) is 4.44. The Morgan fingerprint density at radius 1 is 1.30 bits per heavy atom. The number of rotatable bonds is 5. The van der Waals surface area contributed by atoms with Gasteiger partial charge in [-0.2, -0.15) is 0 Å². The number of hydrogen-bond acceptors (Lipinski definition) is 5. The molecule has 0 aliphatic carbocycles. The van der Waals surface area contributed by atoms with E-state index in [0.717, 1.165) is 31.9 Å². The molecule has 2 heterocycles. The average Bonchev–Trinajstić information content (AvgIpc) is 3.08. The third kappa shape index (κ3) is 3.42. The Morgan fingerprint density at radius 3 is 2.90 bits per heavy atom. The normalized spacial score (nSPS) is 23.2. The number of likely N-dealkylation sites (tertiary alicyclic amines) is 1. The fourth-order valence-electron chi connectivity index (χ4n) is 2.80. The topological polar surface area (TPSA) is 41.0 Å². The average molecular weight is 288 g/mol. The maximum absolute atomic E-state index is 4.08. The molecule has 106 valence electrons. The summed E-state index contributed by atoms with van der Waals surface area (Å²) in [4.78, 5) is 2.52. The van der Waals surface area contributed by atoms with Crippen molar-refractivity contribution in [3.8, 4) is 0 Å². The second kappa shape index (κ2) is 6.43. The summed E-state index contributed by atoms with van der Waals surface area (Å²) in [5, 5.41) is 9.70. The van der Waals surface area contributed by atoms with E-state index < -0.39 is 0 Å². The minimum absolute atomic E-state index is 0.542. The summed E-state index contributed by atoms with van der Waals surface area (Å²) in [6.45, 7) is 6.45. The van der Waals surface area contributed by atoms with Gasteiger partial charge in [-0.1, -0.05) is 41.7 Å². The van der Waals surface area contributed by atoms with Gasteiger partial charge < -0.3 is 5.32 Å². The number of aromatic nitrogens is 2. The SMILES string of the molecule is C[C@H]1CN(Cc2ccccc2)C[C@@H]1NCc1csnn1. The smallest absolute Gasteiger partial charge is 0.0893 e. The number of nitrogens with zero attached hydrogens (tertiary/aromatic N) is 3. The van der Waals surface area contributed by atoms with Crippen LogP contribution in [-0.2, 0) is 13.1 Å². The van der Waals surface area contributed by atoms with Gasteiger partial charge in [-0.05, 0) is 23.0 Å². The van der Waals surface area contributed by atoms with Crippen LogP contribution in [0.3, 0.4) is 0 Å². The molecule has 3 rings (SSSR count). The van der Waals surface area contributed by atoms with Crippen LogP contribution in [0.2, 0.25) is 0 Å². The Bertz CT molecular complexity index is 514. The summed E-state index contributed by atoms with van der Waals surface area (Å²) in [6.07, 6.45) is 0. The molecule has 1 aliphatic rings. The highest BCUT2D eigenvalue weighted by molar-refractivity contribution is 7.03. The molecule has 1 aromatic carbocycles. The summed E-state index contributed by atoms with van der Waals surface area (Å²) < 4.78 is 3.90. The molecular weight excluding hydrogens is 268 g/mol. The fourth-order valence-corrected chi connectivity index (χ4v) is 3.25. The lowest BCUT2D eigenvalue weighted by molar-refractivity contribution is 0.316. The van der Waals surface area contributed by atoms with E-state index in [-0.39, 0.29) is 0 Å².